The molecule has 140 valence electrons. The van der Waals surface area contributed by atoms with Crippen molar-refractivity contribution in [2.24, 2.45) is 0 Å². The van der Waals surface area contributed by atoms with E-state index in [0.29, 0.717) is 48.2 Å². The van der Waals surface area contributed by atoms with Gasteiger partial charge in [0.15, 0.2) is 0 Å². The molecule has 0 saturated heterocycles. The molecule has 0 atom stereocenters. The first kappa shape index (κ1) is 18.0. The Morgan fingerprint density at radius 2 is 1.15 bits per heavy atom. The minimum Gasteiger partial charge on any atom is -0.481 e. The van der Waals surface area contributed by atoms with E-state index in [0.717, 1.165) is 25.7 Å². The molecular formula is C16H20N4O6. The van der Waals surface area contributed by atoms with Crippen molar-refractivity contribution in [2.45, 2.75) is 63.2 Å². The number of rotatable bonds is 8. The van der Waals surface area contributed by atoms with Crippen molar-refractivity contribution in [1.82, 2.24) is 20.4 Å². The average molecular weight is 364 g/mol. The van der Waals surface area contributed by atoms with Gasteiger partial charge >= 0.3 is 11.9 Å². The molecule has 2 saturated carbocycles. The van der Waals surface area contributed by atoms with E-state index in [1.54, 1.807) is 0 Å². The lowest BCUT2D eigenvalue weighted by molar-refractivity contribution is -0.138. The van der Waals surface area contributed by atoms with Crippen molar-refractivity contribution in [3.05, 3.63) is 23.6 Å². The Bertz CT molecular complexity index is 698. The molecule has 2 aromatic rings. The molecule has 0 bridgehead atoms. The number of carboxylic acids is 2. The summed E-state index contributed by atoms with van der Waals surface area (Å²) in [6, 6.07) is 0. The van der Waals surface area contributed by atoms with Crippen LogP contribution in [0, 0.1) is 0 Å². The molecule has 2 fully saturated rings. The maximum Gasteiger partial charge on any atom is 0.303 e. The molecule has 0 radical (unpaired) electrons. The van der Waals surface area contributed by atoms with Crippen LogP contribution in [-0.2, 0) is 22.4 Å². The van der Waals surface area contributed by atoms with E-state index < -0.39 is 11.9 Å². The lowest BCUT2D eigenvalue weighted by Gasteiger charge is -1.88. The largest absolute Gasteiger partial charge is 0.481 e. The van der Waals surface area contributed by atoms with Crippen molar-refractivity contribution in [2.75, 3.05) is 0 Å². The monoisotopic (exact) mass is 364 g/mol. The smallest absolute Gasteiger partial charge is 0.303 e. The van der Waals surface area contributed by atoms with Gasteiger partial charge in [-0.1, -0.05) is 0 Å². The van der Waals surface area contributed by atoms with Crippen molar-refractivity contribution in [1.29, 1.82) is 0 Å². The first-order valence-corrected chi connectivity index (χ1v) is 8.59. The Morgan fingerprint density at radius 1 is 0.769 bits per heavy atom. The van der Waals surface area contributed by atoms with Gasteiger partial charge in [-0.3, -0.25) is 9.59 Å². The average Bonchev–Trinajstić information content (AvgIpc) is 3.54. The van der Waals surface area contributed by atoms with E-state index >= 15 is 0 Å². The number of carboxylic acid groups (broad SMARTS) is 2. The fraction of sp³-hybridized carbons (Fsp3) is 0.625. The number of nitrogens with zero attached hydrogens (tertiary/aromatic N) is 4. The first-order chi connectivity index (χ1) is 12.5. The summed E-state index contributed by atoms with van der Waals surface area (Å²) in [4.78, 5) is 20.5. The molecule has 0 aliphatic heterocycles. The second-order valence-corrected chi connectivity index (χ2v) is 6.40. The fourth-order valence-corrected chi connectivity index (χ4v) is 2.15. The SMILES string of the molecule is O=C(O)CCc1nnc(C2CC2)o1.O=C(O)CCc1nnc(C2CC2)o1. The van der Waals surface area contributed by atoms with Crippen LogP contribution in [0.1, 0.15) is 73.9 Å². The van der Waals surface area contributed by atoms with Gasteiger partial charge in [0.25, 0.3) is 0 Å². The van der Waals surface area contributed by atoms with Gasteiger partial charge in [0.2, 0.25) is 23.6 Å². The minimum atomic E-state index is -0.842. The third kappa shape index (κ3) is 5.64. The highest BCUT2D eigenvalue weighted by Gasteiger charge is 2.30. The Hall–Kier alpha value is -2.78. The number of aliphatic carboxylic acids is 2. The van der Waals surface area contributed by atoms with Gasteiger partial charge in [0.05, 0.1) is 12.8 Å². The molecule has 0 amide bonds. The van der Waals surface area contributed by atoms with E-state index in [2.05, 4.69) is 20.4 Å². The van der Waals surface area contributed by atoms with Crippen LogP contribution in [0.15, 0.2) is 8.83 Å². The predicted octanol–water partition coefficient (Wildman–Crippen LogP) is 1.93. The molecule has 2 heterocycles. The van der Waals surface area contributed by atoms with Gasteiger partial charge in [0, 0.05) is 24.7 Å². The summed E-state index contributed by atoms with van der Waals surface area (Å²) in [5, 5.41) is 32.1. The highest BCUT2D eigenvalue weighted by molar-refractivity contribution is 5.67. The zero-order chi connectivity index (χ0) is 18.5. The highest BCUT2D eigenvalue weighted by Crippen LogP contribution is 2.39. The minimum absolute atomic E-state index is 0.0479. The summed E-state index contributed by atoms with van der Waals surface area (Å²) < 4.78 is 10.5. The van der Waals surface area contributed by atoms with Crippen LogP contribution < -0.4 is 0 Å². The molecule has 0 spiro atoms. The Balaban J connectivity index is 0.000000151. The van der Waals surface area contributed by atoms with Crippen LogP contribution in [-0.4, -0.2) is 42.5 Å². The van der Waals surface area contributed by atoms with Gasteiger partial charge in [-0.2, -0.15) is 0 Å². The number of carbonyl (C=O) groups is 2. The summed E-state index contributed by atoms with van der Waals surface area (Å²) in [6.07, 6.45) is 5.20. The Labute approximate surface area is 148 Å². The maximum absolute atomic E-state index is 10.2. The van der Waals surface area contributed by atoms with Gasteiger partial charge < -0.3 is 19.0 Å². The zero-order valence-corrected chi connectivity index (χ0v) is 14.1. The van der Waals surface area contributed by atoms with Crippen LogP contribution in [0.3, 0.4) is 0 Å². The van der Waals surface area contributed by atoms with Crippen molar-refractivity contribution < 1.29 is 28.6 Å². The van der Waals surface area contributed by atoms with Gasteiger partial charge in [-0.15, -0.1) is 20.4 Å². The second kappa shape index (κ2) is 8.07. The summed E-state index contributed by atoms with van der Waals surface area (Å²) in [5.74, 6) is 1.39. The molecule has 2 aliphatic carbocycles. The number of hydrogen-bond donors (Lipinski definition) is 2. The fourth-order valence-electron chi connectivity index (χ4n) is 2.15. The predicted molar refractivity (Wildman–Crippen MR) is 84.5 cm³/mol. The summed E-state index contributed by atoms with van der Waals surface area (Å²) in [6.45, 7) is 0. The zero-order valence-electron chi connectivity index (χ0n) is 14.1. The molecule has 10 nitrogen and oxygen atoms in total. The summed E-state index contributed by atoms with van der Waals surface area (Å²) in [7, 11) is 0. The third-order valence-electron chi connectivity index (χ3n) is 3.92. The van der Waals surface area contributed by atoms with Crippen molar-refractivity contribution in [3.8, 4) is 0 Å². The molecule has 2 aromatic heterocycles. The lowest BCUT2D eigenvalue weighted by atomic mass is 10.3. The summed E-state index contributed by atoms with van der Waals surface area (Å²) in [5.41, 5.74) is 0. The van der Waals surface area contributed by atoms with Gasteiger partial charge in [-0.05, 0) is 25.7 Å². The highest BCUT2D eigenvalue weighted by atomic mass is 16.4. The lowest BCUT2D eigenvalue weighted by Crippen LogP contribution is -1.97. The summed E-state index contributed by atoms with van der Waals surface area (Å²) >= 11 is 0. The van der Waals surface area contributed by atoms with E-state index in [1.165, 1.54) is 0 Å². The Morgan fingerprint density at radius 3 is 1.46 bits per heavy atom. The van der Waals surface area contributed by atoms with Crippen LogP contribution in [0.4, 0.5) is 0 Å². The molecular weight excluding hydrogens is 344 g/mol. The maximum atomic E-state index is 10.2. The topological polar surface area (TPSA) is 152 Å². The van der Waals surface area contributed by atoms with E-state index in [4.69, 9.17) is 19.0 Å². The quantitative estimate of drug-likeness (QED) is 0.710. The third-order valence-corrected chi connectivity index (χ3v) is 3.92. The van der Waals surface area contributed by atoms with E-state index in [9.17, 15) is 9.59 Å². The van der Waals surface area contributed by atoms with Gasteiger partial charge in [-0.25, -0.2) is 0 Å². The van der Waals surface area contributed by atoms with E-state index in [-0.39, 0.29) is 12.8 Å². The molecule has 2 aliphatic rings. The number of hydrogen-bond acceptors (Lipinski definition) is 8. The van der Waals surface area contributed by atoms with E-state index in [1.807, 2.05) is 0 Å². The molecule has 0 aromatic carbocycles. The number of aromatic nitrogens is 4. The van der Waals surface area contributed by atoms with Crippen LogP contribution in [0.5, 0.6) is 0 Å². The first-order valence-electron chi connectivity index (χ1n) is 8.59. The van der Waals surface area contributed by atoms with Crippen molar-refractivity contribution >= 4 is 11.9 Å². The normalized spacial score (nSPS) is 16.0. The standard InChI is InChI=1S/2C8H10N2O3/c2*11-7(12)4-3-6-9-10-8(13-6)5-1-2-5/h2*5H,1-4H2,(H,11,12). The van der Waals surface area contributed by atoms with Crippen LogP contribution in [0.2, 0.25) is 0 Å². The van der Waals surface area contributed by atoms with Crippen molar-refractivity contribution in [3.63, 3.8) is 0 Å². The van der Waals surface area contributed by atoms with Crippen LogP contribution >= 0.6 is 0 Å². The van der Waals surface area contributed by atoms with Gasteiger partial charge in [0.1, 0.15) is 0 Å². The molecule has 2 N–H and O–H groups in total. The molecule has 4 rings (SSSR count). The Kier molecular flexibility index (Phi) is 5.59. The number of aryl methyl sites for hydroxylation is 2. The van der Waals surface area contributed by atoms with Crippen LogP contribution in [0.25, 0.3) is 0 Å². The molecule has 0 unspecified atom stereocenters. The molecule has 10 heteroatoms. The molecule has 26 heavy (non-hydrogen) atoms. The second-order valence-electron chi connectivity index (χ2n) is 6.40.